The molecular weight excluding hydrogens is 208 g/mol. The topological polar surface area (TPSA) is 99.3 Å². The Kier molecular flexibility index (Phi) is 2.82. The first-order valence-electron chi connectivity index (χ1n) is 3.53. The number of hydrogen-bond donors (Lipinski definition) is 1. The van der Waals surface area contributed by atoms with Gasteiger partial charge in [0, 0.05) is 6.20 Å². The van der Waals surface area contributed by atoms with Crippen molar-refractivity contribution in [3.63, 3.8) is 0 Å². The van der Waals surface area contributed by atoms with Crippen LogP contribution in [0.3, 0.4) is 0 Å². The van der Waals surface area contributed by atoms with E-state index >= 15 is 0 Å². The molecule has 0 aliphatic heterocycles. The smallest absolute Gasteiger partial charge is 0.340 e. The summed E-state index contributed by atoms with van der Waals surface area (Å²) in [7, 11) is -2.86. The lowest BCUT2D eigenvalue weighted by Gasteiger charge is -2.03. The van der Waals surface area contributed by atoms with Gasteiger partial charge in [-0.05, 0) is 12.1 Å². The van der Waals surface area contributed by atoms with Crippen molar-refractivity contribution in [1.29, 1.82) is 0 Å². The third-order valence-corrected chi connectivity index (χ3v) is 2.31. The molecule has 1 heterocycles. The van der Waals surface area contributed by atoms with Crippen LogP contribution in [0.25, 0.3) is 0 Å². The van der Waals surface area contributed by atoms with E-state index in [9.17, 15) is 13.2 Å². The van der Waals surface area contributed by atoms with Crippen molar-refractivity contribution in [3.8, 4) is 0 Å². The summed E-state index contributed by atoms with van der Waals surface area (Å²) in [6.07, 6.45) is 1.23. The van der Waals surface area contributed by atoms with Crippen LogP contribution in [0.4, 0.5) is 0 Å². The van der Waals surface area contributed by atoms with Gasteiger partial charge in [0.15, 0.2) is 5.03 Å². The number of hydrogen-bond acceptors (Lipinski definition) is 5. The lowest BCUT2D eigenvalue weighted by Crippen LogP contribution is -2.18. The number of ether oxygens (including phenoxy) is 1. The van der Waals surface area contributed by atoms with Crippen LogP contribution in [0.5, 0.6) is 0 Å². The molecule has 0 bridgehead atoms. The molecule has 0 saturated heterocycles. The van der Waals surface area contributed by atoms with E-state index in [2.05, 4.69) is 9.72 Å². The normalized spacial score (nSPS) is 11.0. The van der Waals surface area contributed by atoms with Crippen LogP contribution >= 0.6 is 0 Å². The van der Waals surface area contributed by atoms with Gasteiger partial charge in [0.05, 0.1) is 12.7 Å². The van der Waals surface area contributed by atoms with Crippen molar-refractivity contribution in [2.75, 3.05) is 7.11 Å². The highest BCUT2D eigenvalue weighted by atomic mass is 32.2. The second kappa shape index (κ2) is 3.72. The van der Waals surface area contributed by atoms with Crippen LogP contribution in [0, 0.1) is 0 Å². The summed E-state index contributed by atoms with van der Waals surface area (Å²) in [5, 5.41) is 4.37. The minimum absolute atomic E-state index is 0.169. The number of carbonyl (C=O) groups is 1. The molecule has 0 unspecified atom stereocenters. The Morgan fingerprint density at radius 2 is 2.21 bits per heavy atom. The molecule has 0 atom stereocenters. The van der Waals surface area contributed by atoms with Crippen molar-refractivity contribution in [3.05, 3.63) is 23.9 Å². The van der Waals surface area contributed by atoms with Gasteiger partial charge < -0.3 is 4.74 Å². The zero-order valence-electron chi connectivity index (χ0n) is 7.30. The Balaban J connectivity index is 3.38. The summed E-state index contributed by atoms with van der Waals surface area (Å²) in [5.41, 5.74) is -0.169. The number of rotatable bonds is 2. The van der Waals surface area contributed by atoms with Gasteiger partial charge in [0.1, 0.15) is 0 Å². The molecule has 0 spiro atoms. The fraction of sp³-hybridized carbons (Fsp3) is 0.143. The average molecular weight is 216 g/mol. The molecular formula is C7H8N2O4S. The number of carbonyl (C=O) groups excluding carboxylic acids is 1. The summed E-state index contributed by atoms with van der Waals surface area (Å²) >= 11 is 0. The van der Waals surface area contributed by atoms with E-state index < -0.39 is 21.0 Å². The molecule has 7 heteroatoms. The number of esters is 1. The maximum Gasteiger partial charge on any atom is 0.340 e. The first-order valence-corrected chi connectivity index (χ1v) is 5.07. The molecule has 1 aromatic heterocycles. The van der Waals surface area contributed by atoms with Crippen LogP contribution in [0.2, 0.25) is 0 Å². The van der Waals surface area contributed by atoms with E-state index in [1.165, 1.54) is 18.3 Å². The summed E-state index contributed by atoms with van der Waals surface area (Å²) in [4.78, 5) is 14.6. The van der Waals surface area contributed by atoms with E-state index in [1.54, 1.807) is 0 Å². The van der Waals surface area contributed by atoms with E-state index in [-0.39, 0.29) is 5.56 Å². The maximum atomic E-state index is 11.1. The molecule has 14 heavy (non-hydrogen) atoms. The Morgan fingerprint density at radius 1 is 1.57 bits per heavy atom. The van der Waals surface area contributed by atoms with Gasteiger partial charge in [-0.25, -0.2) is 23.3 Å². The Morgan fingerprint density at radius 3 is 2.71 bits per heavy atom. The quantitative estimate of drug-likeness (QED) is 0.673. The molecule has 6 nitrogen and oxygen atoms in total. The highest BCUT2D eigenvalue weighted by Gasteiger charge is 2.20. The molecule has 0 aromatic carbocycles. The van der Waals surface area contributed by atoms with Gasteiger partial charge in [0.25, 0.3) is 10.0 Å². The number of methoxy groups -OCH3 is 1. The molecule has 1 aromatic rings. The lowest BCUT2D eigenvalue weighted by atomic mass is 10.3. The molecule has 1 rings (SSSR count). The maximum absolute atomic E-state index is 11.1. The summed E-state index contributed by atoms with van der Waals surface area (Å²) in [5.74, 6) is -0.790. The number of sulfonamides is 1. The van der Waals surface area contributed by atoms with E-state index in [1.807, 2.05) is 0 Å². The van der Waals surface area contributed by atoms with Gasteiger partial charge >= 0.3 is 5.97 Å². The molecule has 0 fully saturated rings. The van der Waals surface area contributed by atoms with E-state index in [0.717, 1.165) is 7.11 Å². The zero-order valence-corrected chi connectivity index (χ0v) is 8.11. The number of nitrogens with two attached hydrogens (primary N) is 1. The van der Waals surface area contributed by atoms with Crippen LogP contribution in [0.1, 0.15) is 10.4 Å². The molecule has 0 amide bonds. The molecule has 0 aliphatic rings. The summed E-state index contributed by atoms with van der Waals surface area (Å²) < 4.78 is 26.3. The second-order valence-corrected chi connectivity index (χ2v) is 3.87. The third-order valence-electron chi connectivity index (χ3n) is 1.45. The van der Waals surface area contributed by atoms with Gasteiger partial charge in [-0.2, -0.15) is 0 Å². The van der Waals surface area contributed by atoms with E-state index in [0.29, 0.717) is 0 Å². The fourth-order valence-corrected chi connectivity index (χ4v) is 1.55. The zero-order chi connectivity index (χ0) is 10.8. The number of nitrogens with zero attached hydrogens (tertiary/aromatic N) is 1. The van der Waals surface area contributed by atoms with Crippen LogP contribution in [0.15, 0.2) is 23.4 Å². The minimum atomic E-state index is -4.00. The van der Waals surface area contributed by atoms with Gasteiger partial charge in [-0.1, -0.05) is 0 Å². The van der Waals surface area contributed by atoms with Crippen LogP contribution in [-0.2, 0) is 14.8 Å². The van der Waals surface area contributed by atoms with Gasteiger partial charge in [-0.3, -0.25) is 0 Å². The van der Waals surface area contributed by atoms with Crippen molar-refractivity contribution < 1.29 is 17.9 Å². The summed E-state index contributed by atoms with van der Waals surface area (Å²) in [6.45, 7) is 0. The highest BCUT2D eigenvalue weighted by Crippen LogP contribution is 2.10. The van der Waals surface area contributed by atoms with Crippen molar-refractivity contribution >= 4 is 16.0 Å². The fourth-order valence-electron chi connectivity index (χ4n) is 0.883. The van der Waals surface area contributed by atoms with Crippen LogP contribution < -0.4 is 5.14 Å². The lowest BCUT2D eigenvalue weighted by molar-refractivity contribution is 0.0595. The number of primary sulfonamides is 1. The number of aromatic nitrogens is 1. The Hall–Kier alpha value is -1.47. The average Bonchev–Trinajstić information content (AvgIpc) is 2.15. The predicted octanol–water partition coefficient (Wildman–Crippen LogP) is -0.484. The molecule has 0 aliphatic carbocycles. The second-order valence-electron chi connectivity index (χ2n) is 2.39. The first kappa shape index (κ1) is 10.6. The third kappa shape index (κ3) is 2.06. The largest absolute Gasteiger partial charge is 0.465 e. The number of pyridine rings is 1. The van der Waals surface area contributed by atoms with Crippen LogP contribution in [-0.4, -0.2) is 26.5 Å². The SMILES string of the molecule is COC(=O)c1cccnc1S(N)(=O)=O. The monoisotopic (exact) mass is 216 g/mol. The van der Waals surface area contributed by atoms with Crippen molar-refractivity contribution in [1.82, 2.24) is 4.98 Å². The van der Waals surface area contributed by atoms with Gasteiger partial charge in [0.2, 0.25) is 0 Å². The highest BCUT2D eigenvalue weighted by molar-refractivity contribution is 7.89. The Labute approximate surface area is 80.8 Å². The van der Waals surface area contributed by atoms with Crippen molar-refractivity contribution in [2.45, 2.75) is 5.03 Å². The van der Waals surface area contributed by atoms with Gasteiger partial charge in [-0.15, -0.1) is 0 Å². The summed E-state index contributed by atoms with van der Waals surface area (Å²) in [6, 6.07) is 2.69. The standard InChI is InChI=1S/C7H8N2O4S/c1-13-7(10)5-3-2-4-9-6(5)14(8,11)12/h2-4H,1H3,(H2,8,11,12). The predicted molar refractivity (Wildman–Crippen MR) is 46.9 cm³/mol. The molecule has 76 valence electrons. The minimum Gasteiger partial charge on any atom is -0.465 e. The molecule has 0 radical (unpaired) electrons. The first-order chi connectivity index (χ1) is 6.46. The Bertz CT molecular complexity index is 455. The molecule has 0 saturated carbocycles. The molecule has 2 N–H and O–H groups in total. The van der Waals surface area contributed by atoms with E-state index in [4.69, 9.17) is 5.14 Å². The van der Waals surface area contributed by atoms with Crippen molar-refractivity contribution in [2.24, 2.45) is 5.14 Å².